The van der Waals surface area contributed by atoms with Crippen LogP contribution < -0.4 is 0 Å². The molecule has 0 saturated heterocycles. The van der Waals surface area contributed by atoms with Gasteiger partial charge < -0.3 is 9.13 Å². The summed E-state index contributed by atoms with van der Waals surface area (Å²) in [6, 6.07) is 35.2. The molecule has 7 rings (SSSR count). The number of allylic oxidation sites excluding steroid dienone is 4. The Bertz CT molecular complexity index is 1670. The summed E-state index contributed by atoms with van der Waals surface area (Å²) in [5, 5.41) is 5.36. The Morgan fingerprint density at radius 1 is 0.571 bits per heavy atom. The molecule has 2 heteroatoms. The van der Waals surface area contributed by atoms with Gasteiger partial charge in [-0.05, 0) is 35.8 Å². The molecule has 0 radical (unpaired) electrons. The number of nitrogens with zero attached hydrogens (tertiary/aromatic N) is 2. The maximum absolute atomic E-state index is 2.52. The molecule has 0 aliphatic heterocycles. The van der Waals surface area contributed by atoms with E-state index in [9.17, 15) is 0 Å². The fourth-order valence-electron chi connectivity index (χ4n) is 6.04. The second kappa shape index (κ2) is 8.02. The van der Waals surface area contributed by atoms with Crippen LogP contribution in [0.5, 0.6) is 0 Å². The Morgan fingerprint density at radius 2 is 1.00 bits per heavy atom. The van der Waals surface area contributed by atoms with E-state index in [0.29, 0.717) is 11.8 Å². The zero-order valence-electron chi connectivity index (χ0n) is 19.9. The largest absolute Gasteiger partial charge is 0.340 e. The van der Waals surface area contributed by atoms with Crippen molar-refractivity contribution < 1.29 is 0 Å². The average Bonchev–Trinajstić information content (AvgIpc) is 3.39. The first-order valence-electron chi connectivity index (χ1n) is 12.6. The maximum Gasteiger partial charge on any atom is 0.0494 e. The fraction of sp³-hybridized carbons (Fsp3) is 0.152. The maximum atomic E-state index is 2.52. The van der Waals surface area contributed by atoms with Gasteiger partial charge in [0.25, 0.3) is 0 Å². The highest BCUT2D eigenvalue weighted by molar-refractivity contribution is 6.08. The lowest BCUT2D eigenvalue weighted by atomic mass is 9.87. The molecule has 2 atom stereocenters. The predicted octanol–water partition coefficient (Wildman–Crippen LogP) is 8.35. The minimum Gasteiger partial charge on any atom is -0.340 e. The molecule has 6 aromatic rings. The molecule has 1 aliphatic rings. The van der Waals surface area contributed by atoms with Gasteiger partial charge in [0, 0.05) is 62.6 Å². The molecule has 170 valence electrons. The van der Waals surface area contributed by atoms with Crippen molar-refractivity contribution in [3.05, 3.63) is 121 Å². The Morgan fingerprint density at radius 3 is 1.46 bits per heavy atom. The predicted molar refractivity (Wildman–Crippen MR) is 149 cm³/mol. The molecular formula is C33H28N2. The summed E-state index contributed by atoms with van der Waals surface area (Å²) in [5.41, 5.74) is 6.66. The molecule has 2 heterocycles. The highest BCUT2D eigenvalue weighted by Crippen LogP contribution is 2.34. The number of hydrogen-bond donors (Lipinski definition) is 0. The Hall–Kier alpha value is -4.04. The van der Waals surface area contributed by atoms with Gasteiger partial charge in [-0.2, -0.15) is 0 Å². The minimum atomic E-state index is 0.469. The first-order valence-corrected chi connectivity index (χ1v) is 12.6. The van der Waals surface area contributed by atoms with Crippen LogP contribution in [0.25, 0.3) is 43.6 Å². The van der Waals surface area contributed by atoms with Crippen LogP contribution in [0.15, 0.2) is 121 Å². The second-order valence-electron chi connectivity index (χ2n) is 9.89. The van der Waals surface area contributed by atoms with Crippen LogP contribution in [0.2, 0.25) is 0 Å². The Kier molecular flexibility index (Phi) is 4.66. The lowest BCUT2D eigenvalue weighted by Gasteiger charge is -2.25. The van der Waals surface area contributed by atoms with Gasteiger partial charge in [-0.3, -0.25) is 0 Å². The molecule has 0 amide bonds. The third-order valence-electron chi connectivity index (χ3n) is 7.80. The van der Waals surface area contributed by atoms with E-state index in [1.165, 1.54) is 49.2 Å². The van der Waals surface area contributed by atoms with E-state index in [0.717, 1.165) is 13.1 Å². The third kappa shape index (κ3) is 3.24. The molecule has 2 unspecified atom stereocenters. The average molecular weight is 453 g/mol. The van der Waals surface area contributed by atoms with Crippen LogP contribution in [0, 0.1) is 11.8 Å². The van der Waals surface area contributed by atoms with Crippen LogP contribution in [0.3, 0.4) is 0 Å². The van der Waals surface area contributed by atoms with Gasteiger partial charge in [-0.25, -0.2) is 0 Å². The van der Waals surface area contributed by atoms with Crippen LogP contribution >= 0.6 is 0 Å². The van der Waals surface area contributed by atoms with Gasteiger partial charge in [0.15, 0.2) is 0 Å². The number of fused-ring (bicyclic) bond motifs is 6. The number of hydrogen-bond acceptors (Lipinski definition) is 0. The highest BCUT2D eigenvalue weighted by Gasteiger charge is 2.21. The van der Waals surface area contributed by atoms with Gasteiger partial charge in [0.2, 0.25) is 0 Å². The molecule has 35 heavy (non-hydrogen) atoms. The van der Waals surface area contributed by atoms with E-state index in [1.807, 2.05) is 0 Å². The second-order valence-corrected chi connectivity index (χ2v) is 9.89. The van der Waals surface area contributed by atoms with Crippen molar-refractivity contribution in [3.8, 4) is 0 Å². The first kappa shape index (κ1) is 20.3. The summed E-state index contributed by atoms with van der Waals surface area (Å²) in [5.74, 6) is 0.944. The summed E-state index contributed by atoms with van der Waals surface area (Å²) in [4.78, 5) is 0. The van der Waals surface area contributed by atoms with Crippen molar-refractivity contribution in [2.24, 2.45) is 11.8 Å². The first-order chi connectivity index (χ1) is 17.3. The summed E-state index contributed by atoms with van der Waals surface area (Å²) in [6.07, 6.45) is 7.29. The lowest BCUT2D eigenvalue weighted by Crippen LogP contribution is -2.18. The molecular weight excluding hydrogens is 424 g/mol. The zero-order chi connectivity index (χ0) is 23.4. The minimum absolute atomic E-state index is 0.469. The number of aromatic nitrogens is 2. The van der Waals surface area contributed by atoms with Crippen LogP contribution in [0.4, 0.5) is 0 Å². The van der Waals surface area contributed by atoms with E-state index in [1.54, 1.807) is 0 Å². The monoisotopic (exact) mass is 452 g/mol. The highest BCUT2D eigenvalue weighted by atomic mass is 15.0. The standard InChI is InChI=1S/C33H28N2/c1-23-20-24(21-34-30-14-6-2-10-26(30)27-11-3-7-15-31(27)34)18-19-25(23)22-35-32-16-8-4-12-28(32)29-13-5-9-17-33(29)35/h2-20,23,25H,21-22H2,1H3. The topological polar surface area (TPSA) is 9.86 Å². The molecule has 2 nitrogen and oxygen atoms in total. The fourth-order valence-corrected chi connectivity index (χ4v) is 6.04. The Balaban J connectivity index is 1.22. The summed E-state index contributed by atoms with van der Waals surface area (Å²) in [7, 11) is 0. The van der Waals surface area contributed by atoms with E-state index in [2.05, 4.69) is 131 Å². The van der Waals surface area contributed by atoms with E-state index in [-0.39, 0.29) is 0 Å². The normalized spacial score (nSPS) is 18.1. The van der Waals surface area contributed by atoms with Crippen molar-refractivity contribution >= 4 is 43.6 Å². The number of benzene rings is 4. The molecule has 1 aliphatic carbocycles. The third-order valence-corrected chi connectivity index (χ3v) is 7.80. The smallest absolute Gasteiger partial charge is 0.0494 e. The molecule has 0 bridgehead atoms. The summed E-state index contributed by atoms with van der Waals surface area (Å²) in [6.45, 7) is 4.26. The van der Waals surface area contributed by atoms with Gasteiger partial charge in [-0.1, -0.05) is 97.9 Å². The van der Waals surface area contributed by atoms with Gasteiger partial charge in [0.05, 0.1) is 0 Å². The SMILES string of the molecule is CC1C=C(Cn2c3ccccc3c3ccccc32)C=CC1Cn1c2ccccc2c2ccccc21. The Labute approximate surface area is 205 Å². The van der Waals surface area contributed by atoms with Crippen molar-refractivity contribution in [2.45, 2.75) is 20.0 Å². The molecule has 0 spiro atoms. The number of para-hydroxylation sites is 4. The van der Waals surface area contributed by atoms with Crippen molar-refractivity contribution in [1.82, 2.24) is 9.13 Å². The van der Waals surface area contributed by atoms with E-state index >= 15 is 0 Å². The van der Waals surface area contributed by atoms with Crippen LogP contribution in [0.1, 0.15) is 6.92 Å². The zero-order valence-corrected chi connectivity index (χ0v) is 19.9. The number of rotatable bonds is 4. The van der Waals surface area contributed by atoms with Crippen molar-refractivity contribution in [2.75, 3.05) is 0 Å². The molecule has 0 N–H and O–H groups in total. The summed E-state index contributed by atoms with van der Waals surface area (Å²) >= 11 is 0. The molecule has 0 saturated carbocycles. The van der Waals surface area contributed by atoms with Gasteiger partial charge in [-0.15, -0.1) is 0 Å². The van der Waals surface area contributed by atoms with Gasteiger partial charge >= 0.3 is 0 Å². The van der Waals surface area contributed by atoms with Crippen LogP contribution in [-0.4, -0.2) is 9.13 Å². The molecule has 4 aromatic carbocycles. The molecule has 0 fully saturated rings. The van der Waals surface area contributed by atoms with E-state index < -0.39 is 0 Å². The van der Waals surface area contributed by atoms with Gasteiger partial charge in [0.1, 0.15) is 0 Å². The van der Waals surface area contributed by atoms with Crippen LogP contribution in [-0.2, 0) is 13.1 Å². The quantitative estimate of drug-likeness (QED) is 0.254. The van der Waals surface area contributed by atoms with Crippen molar-refractivity contribution in [3.63, 3.8) is 0 Å². The summed E-state index contributed by atoms with van der Waals surface area (Å²) < 4.78 is 4.99. The van der Waals surface area contributed by atoms with E-state index in [4.69, 9.17) is 0 Å². The van der Waals surface area contributed by atoms with Crippen molar-refractivity contribution in [1.29, 1.82) is 0 Å². The lowest BCUT2D eigenvalue weighted by molar-refractivity contribution is 0.443. The molecule has 2 aromatic heterocycles.